The highest BCUT2D eigenvalue weighted by molar-refractivity contribution is 6.30. The molecule has 6 heteroatoms. The molecule has 0 radical (unpaired) electrons. The molecule has 1 aliphatic heterocycles. The number of nitrogens with one attached hydrogen (secondary N) is 1. The van der Waals surface area contributed by atoms with Crippen LogP contribution >= 0.6 is 11.6 Å². The van der Waals surface area contributed by atoms with Gasteiger partial charge in [-0.1, -0.05) is 17.7 Å². The van der Waals surface area contributed by atoms with Gasteiger partial charge in [-0.15, -0.1) is 0 Å². The van der Waals surface area contributed by atoms with Gasteiger partial charge in [-0.2, -0.15) is 0 Å². The molecule has 1 saturated carbocycles. The van der Waals surface area contributed by atoms with Crippen molar-refractivity contribution in [2.75, 3.05) is 11.4 Å². The average Bonchev–Trinajstić information content (AvgIpc) is 2.76. The first-order valence-electron chi connectivity index (χ1n) is 10.8. The third-order valence-corrected chi connectivity index (χ3v) is 6.60. The maximum atomic E-state index is 12.9. The molecule has 0 spiro atoms. The summed E-state index contributed by atoms with van der Waals surface area (Å²) in [5.74, 6) is 0.881. The number of carbonyl (C=O) groups excluding carboxylic acids is 1. The van der Waals surface area contributed by atoms with Gasteiger partial charge in [-0.3, -0.25) is 9.78 Å². The molecule has 3 heterocycles. The van der Waals surface area contributed by atoms with Crippen molar-refractivity contribution in [1.29, 1.82) is 0 Å². The fraction of sp³-hybridized carbons (Fsp3) is 0.320. The third kappa shape index (κ3) is 3.79. The van der Waals surface area contributed by atoms with Crippen molar-refractivity contribution in [3.05, 3.63) is 82.3 Å². The molecule has 1 N–H and O–H groups in total. The molecule has 5 nitrogen and oxygen atoms in total. The number of rotatable bonds is 4. The maximum absolute atomic E-state index is 12.9. The predicted molar refractivity (Wildman–Crippen MR) is 123 cm³/mol. The summed E-state index contributed by atoms with van der Waals surface area (Å²) in [6.07, 6.45) is 4.86. The summed E-state index contributed by atoms with van der Waals surface area (Å²) in [5.41, 5.74) is 4.39. The number of benzene rings is 1. The molecule has 0 bridgehead atoms. The molecular weight excluding hydrogens is 408 g/mol. The number of nitrogens with zero attached hydrogens (tertiary/aromatic N) is 3. The van der Waals surface area contributed by atoms with Gasteiger partial charge >= 0.3 is 0 Å². The van der Waals surface area contributed by atoms with Crippen LogP contribution in [0.5, 0.6) is 0 Å². The maximum Gasteiger partial charge on any atom is 0.252 e. The zero-order chi connectivity index (χ0) is 21.4. The lowest BCUT2D eigenvalue weighted by atomic mass is 9.73. The largest absolute Gasteiger partial charge is 0.341 e. The van der Waals surface area contributed by atoms with Crippen molar-refractivity contribution in [2.45, 2.75) is 44.6 Å². The average molecular weight is 433 g/mol. The van der Waals surface area contributed by atoms with Gasteiger partial charge in [0.2, 0.25) is 0 Å². The van der Waals surface area contributed by atoms with Gasteiger partial charge in [0.15, 0.2) is 0 Å². The van der Waals surface area contributed by atoms with Crippen LogP contribution in [0.4, 0.5) is 11.5 Å². The van der Waals surface area contributed by atoms with Crippen LogP contribution in [0.15, 0.2) is 54.6 Å². The monoisotopic (exact) mass is 432 g/mol. The van der Waals surface area contributed by atoms with E-state index in [0.717, 1.165) is 67.2 Å². The number of fused-ring (bicyclic) bond motifs is 1. The molecule has 0 atom stereocenters. The Labute approximate surface area is 187 Å². The van der Waals surface area contributed by atoms with E-state index in [1.54, 1.807) is 24.3 Å². The summed E-state index contributed by atoms with van der Waals surface area (Å²) < 4.78 is 0. The first-order valence-corrected chi connectivity index (χ1v) is 11.2. The number of aryl methyl sites for hydroxylation is 2. The Kier molecular flexibility index (Phi) is 5.14. The zero-order valence-corrected chi connectivity index (χ0v) is 18.3. The Hall–Kier alpha value is -2.92. The van der Waals surface area contributed by atoms with Crippen molar-refractivity contribution < 1.29 is 4.79 Å². The van der Waals surface area contributed by atoms with Gasteiger partial charge in [0.05, 0.1) is 22.6 Å². The SMILES string of the molecule is Cc1cccc(N2CCCc3nc(C4(NC(=O)c5ccc(Cl)cc5)CCC4)ccc32)n1. The van der Waals surface area contributed by atoms with Crippen molar-refractivity contribution in [1.82, 2.24) is 15.3 Å². The molecule has 1 aromatic carbocycles. The standard InChI is InChI=1S/C25H25ClN4O/c1-17-5-2-7-23(27-17)30-16-3-6-20-21(30)12-13-22(28-20)25(14-4-15-25)29-24(31)18-8-10-19(26)11-9-18/h2,5,7-13H,3-4,6,14-16H2,1H3,(H,29,31). The normalized spacial score (nSPS) is 16.9. The predicted octanol–water partition coefficient (Wildman–Crippen LogP) is 5.33. The molecule has 5 rings (SSSR count). The van der Waals surface area contributed by atoms with Gasteiger partial charge in [0.25, 0.3) is 5.91 Å². The topological polar surface area (TPSA) is 58.1 Å². The minimum Gasteiger partial charge on any atom is -0.341 e. The van der Waals surface area contributed by atoms with E-state index in [0.29, 0.717) is 10.6 Å². The second-order valence-corrected chi connectivity index (χ2v) is 8.89. The van der Waals surface area contributed by atoms with Crippen molar-refractivity contribution in [3.8, 4) is 0 Å². The second-order valence-electron chi connectivity index (χ2n) is 8.45. The van der Waals surface area contributed by atoms with Gasteiger partial charge in [0, 0.05) is 22.8 Å². The fourth-order valence-electron chi connectivity index (χ4n) is 4.50. The lowest BCUT2D eigenvalue weighted by Gasteiger charge is -2.43. The van der Waals surface area contributed by atoms with Gasteiger partial charge in [-0.25, -0.2) is 4.98 Å². The van der Waals surface area contributed by atoms with Crippen LogP contribution in [-0.2, 0) is 12.0 Å². The Balaban J connectivity index is 1.44. The molecule has 2 aromatic heterocycles. The Morgan fingerprint density at radius 2 is 1.84 bits per heavy atom. The highest BCUT2D eigenvalue weighted by atomic mass is 35.5. The molecular formula is C25H25ClN4O. The summed E-state index contributed by atoms with van der Waals surface area (Å²) in [6.45, 7) is 2.95. The summed E-state index contributed by atoms with van der Waals surface area (Å²) >= 11 is 5.97. The highest BCUT2D eigenvalue weighted by Crippen LogP contribution is 2.42. The van der Waals surface area contributed by atoms with E-state index in [-0.39, 0.29) is 5.91 Å². The smallest absolute Gasteiger partial charge is 0.252 e. The van der Waals surface area contributed by atoms with E-state index < -0.39 is 5.54 Å². The lowest BCUT2D eigenvalue weighted by molar-refractivity contribution is 0.0816. The quantitative estimate of drug-likeness (QED) is 0.605. The van der Waals surface area contributed by atoms with Gasteiger partial charge in [-0.05, 0) is 87.6 Å². The van der Waals surface area contributed by atoms with E-state index in [9.17, 15) is 4.79 Å². The van der Waals surface area contributed by atoms with Crippen LogP contribution in [0.3, 0.4) is 0 Å². The molecule has 158 valence electrons. The molecule has 2 aliphatic rings. The number of amides is 1. The molecule has 3 aromatic rings. The van der Waals surface area contributed by atoms with Gasteiger partial charge < -0.3 is 10.2 Å². The molecule has 1 aliphatic carbocycles. The van der Waals surface area contributed by atoms with Crippen LogP contribution < -0.4 is 10.2 Å². The van der Waals surface area contributed by atoms with Crippen LogP contribution in [-0.4, -0.2) is 22.4 Å². The van der Waals surface area contributed by atoms with E-state index in [1.165, 1.54) is 0 Å². The molecule has 31 heavy (non-hydrogen) atoms. The number of carbonyl (C=O) groups is 1. The number of halogens is 1. The number of anilines is 2. The van der Waals surface area contributed by atoms with E-state index in [4.69, 9.17) is 21.6 Å². The Morgan fingerprint density at radius 1 is 1.03 bits per heavy atom. The fourth-order valence-corrected chi connectivity index (χ4v) is 4.62. The van der Waals surface area contributed by atoms with E-state index in [1.807, 2.05) is 19.1 Å². The Bertz CT molecular complexity index is 1120. The minimum absolute atomic E-state index is 0.0820. The Morgan fingerprint density at radius 3 is 2.55 bits per heavy atom. The number of hydrogen-bond donors (Lipinski definition) is 1. The zero-order valence-electron chi connectivity index (χ0n) is 17.6. The van der Waals surface area contributed by atoms with Crippen molar-refractivity contribution in [3.63, 3.8) is 0 Å². The first kappa shape index (κ1) is 20.0. The van der Waals surface area contributed by atoms with Crippen molar-refractivity contribution >= 4 is 29.0 Å². The molecule has 0 saturated heterocycles. The third-order valence-electron chi connectivity index (χ3n) is 6.34. The lowest BCUT2D eigenvalue weighted by Crippen LogP contribution is -2.51. The van der Waals surface area contributed by atoms with E-state index >= 15 is 0 Å². The second kappa shape index (κ2) is 7.97. The van der Waals surface area contributed by atoms with Crippen LogP contribution in [0, 0.1) is 6.92 Å². The molecule has 1 amide bonds. The highest BCUT2D eigenvalue weighted by Gasteiger charge is 2.42. The van der Waals surface area contributed by atoms with Crippen LogP contribution in [0.1, 0.15) is 53.1 Å². The number of aromatic nitrogens is 2. The number of hydrogen-bond acceptors (Lipinski definition) is 4. The summed E-state index contributed by atoms with van der Waals surface area (Å²) in [7, 11) is 0. The molecule has 0 unspecified atom stereocenters. The summed E-state index contributed by atoms with van der Waals surface area (Å²) in [5, 5.41) is 3.89. The first-order chi connectivity index (χ1) is 15.0. The van der Waals surface area contributed by atoms with Crippen LogP contribution in [0.2, 0.25) is 5.02 Å². The van der Waals surface area contributed by atoms with Crippen LogP contribution in [0.25, 0.3) is 0 Å². The summed E-state index contributed by atoms with van der Waals surface area (Å²) in [6, 6.07) is 17.3. The summed E-state index contributed by atoms with van der Waals surface area (Å²) in [4.78, 5) is 24.9. The number of pyridine rings is 2. The molecule has 1 fully saturated rings. The van der Waals surface area contributed by atoms with E-state index in [2.05, 4.69) is 28.4 Å². The van der Waals surface area contributed by atoms with Crippen molar-refractivity contribution in [2.24, 2.45) is 0 Å². The van der Waals surface area contributed by atoms with Gasteiger partial charge in [0.1, 0.15) is 5.82 Å². The minimum atomic E-state index is -0.393.